The molecule has 4 rings (SSSR count). The minimum atomic E-state index is 0.0620. The highest BCUT2D eigenvalue weighted by Crippen LogP contribution is 2.38. The van der Waals surface area contributed by atoms with Crippen molar-refractivity contribution < 1.29 is 14.3 Å². The fourth-order valence-electron chi connectivity index (χ4n) is 4.00. The first-order chi connectivity index (χ1) is 12.3. The first-order valence-corrected chi connectivity index (χ1v) is 9.40. The summed E-state index contributed by atoms with van der Waals surface area (Å²) in [5, 5.41) is 3.15. The summed E-state index contributed by atoms with van der Waals surface area (Å²) >= 11 is 0. The Balaban J connectivity index is 1.41. The Morgan fingerprint density at radius 3 is 2.88 bits per heavy atom. The van der Waals surface area contributed by atoms with E-state index in [1.165, 1.54) is 6.42 Å². The van der Waals surface area contributed by atoms with Gasteiger partial charge in [0.15, 0.2) is 11.5 Å². The molecule has 1 aromatic rings. The molecule has 2 atom stereocenters. The highest BCUT2D eigenvalue weighted by molar-refractivity contribution is 5.75. The van der Waals surface area contributed by atoms with Crippen molar-refractivity contribution in [3.8, 4) is 11.5 Å². The maximum atomic E-state index is 12.7. The van der Waals surface area contributed by atoms with Crippen molar-refractivity contribution in [2.24, 2.45) is 5.92 Å². The fraction of sp³-hybridized carbons (Fsp3) is 0.550. The minimum Gasteiger partial charge on any atom is -0.486 e. The van der Waals surface area contributed by atoms with Gasteiger partial charge in [0, 0.05) is 13.1 Å². The molecule has 3 aliphatic rings. The lowest BCUT2D eigenvalue weighted by atomic mass is 9.94. The van der Waals surface area contributed by atoms with Crippen LogP contribution in [0.3, 0.4) is 0 Å². The van der Waals surface area contributed by atoms with E-state index in [2.05, 4.69) is 23.5 Å². The van der Waals surface area contributed by atoms with Crippen LogP contribution in [0.4, 0.5) is 4.79 Å². The Morgan fingerprint density at radius 1 is 1.16 bits per heavy atom. The highest BCUT2D eigenvalue weighted by Gasteiger charge is 2.31. The third-order valence-corrected chi connectivity index (χ3v) is 5.38. The van der Waals surface area contributed by atoms with Crippen LogP contribution in [-0.2, 0) is 0 Å². The molecule has 0 bridgehead atoms. The summed E-state index contributed by atoms with van der Waals surface area (Å²) in [6.45, 7) is 2.77. The second-order valence-corrected chi connectivity index (χ2v) is 7.09. The number of carbonyl (C=O) groups is 1. The monoisotopic (exact) mass is 342 g/mol. The smallest absolute Gasteiger partial charge is 0.317 e. The summed E-state index contributed by atoms with van der Waals surface area (Å²) in [5.41, 5.74) is 1.14. The van der Waals surface area contributed by atoms with Gasteiger partial charge in [-0.3, -0.25) is 0 Å². The second kappa shape index (κ2) is 7.38. The summed E-state index contributed by atoms with van der Waals surface area (Å²) in [5.74, 6) is 2.17. The van der Waals surface area contributed by atoms with E-state index in [4.69, 9.17) is 9.47 Å². The van der Waals surface area contributed by atoms with E-state index in [0.717, 1.165) is 55.8 Å². The van der Waals surface area contributed by atoms with E-state index in [1.54, 1.807) is 0 Å². The third kappa shape index (κ3) is 3.60. The van der Waals surface area contributed by atoms with Crippen molar-refractivity contribution >= 4 is 6.03 Å². The van der Waals surface area contributed by atoms with E-state index in [9.17, 15) is 4.79 Å². The molecule has 1 aromatic carbocycles. The zero-order chi connectivity index (χ0) is 17.1. The molecule has 1 saturated heterocycles. The fourth-order valence-corrected chi connectivity index (χ4v) is 4.00. The van der Waals surface area contributed by atoms with Gasteiger partial charge in [0.05, 0.1) is 6.04 Å². The molecule has 5 heteroatoms. The SMILES string of the molecule is O=C(NCC1CC=CCC1)N1CCCC1c1ccc2c(c1)OCCO2. The van der Waals surface area contributed by atoms with Gasteiger partial charge in [-0.05, 0) is 55.7 Å². The van der Waals surface area contributed by atoms with Crippen molar-refractivity contribution in [2.45, 2.75) is 38.1 Å². The summed E-state index contributed by atoms with van der Waals surface area (Å²) in [6.07, 6.45) is 9.88. The normalized spacial score (nSPS) is 25.0. The highest BCUT2D eigenvalue weighted by atomic mass is 16.6. The lowest BCUT2D eigenvalue weighted by Crippen LogP contribution is -2.41. The Kier molecular flexibility index (Phi) is 4.81. The Morgan fingerprint density at radius 2 is 2.04 bits per heavy atom. The molecule has 1 N–H and O–H groups in total. The van der Waals surface area contributed by atoms with Gasteiger partial charge < -0.3 is 19.7 Å². The predicted octanol–water partition coefficient (Wildman–Crippen LogP) is 3.66. The zero-order valence-electron chi connectivity index (χ0n) is 14.6. The summed E-state index contributed by atoms with van der Waals surface area (Å²) in [6, 6.07) is 6.26. The number of benzene rings is 1. The van der Waals surface area contributed by atoms with Crippen LogP contribution >= 0.6 is 0 Å². The lowest BCUT2D eigenvalue weighted by molar-refractivity contribution is 0.170. The Bertz CT molecular complexity index is 658. The summed E-state index contributed by atoms with van der Waals surface area (Å²) in [7, 11) is 0. The molecular weight excluding hydrogens is 316 g/mol. The molecule has 0 spiro atoms. The molecule has 2 amide bonds. The Hall–Kier alpha value is -2.17. The van der Waals surface area contributed by atoms with E-state index in [0.29, 0.717) is 19.1 Å². The second-order valence-electron chi connectivity index (χ2n) is 7.09. The molecular formula is C20H26N2O3. The largest absolute Gasteiger partial charge is 0.486 e. The molecule has 1 aliphatic carbocycles. The number of nitrogens with zero attached hydrogens (tertiary/aromatic N) is 1. The van der Waals surface area contributed by atoms with Crippen LogP contribution in [-0.4, -0.2) is 37.2 Å². The number of hydrogen-bond donors (Lipinski definition) is 1. The van der Waals surface area contributed by atoms with Crippen LogP contribution < -0.4 is 14.8 Å². The van der Waals surface area contributed by atoms with Gasteiger partial charge in [0.2, 0.25) is 0 Å². The molecule has 0 aromatic heterocycles. The molecule has 5 nitrogen and oxygen atoms in total. The van der Waals surface area contributed by atoms with Gasteiger partial charge in [-0.15, -0.1) is 0 Å². The van der Waals surface area contributed by atoms with Crippen molar-refractivity contribution in [2.75, 3.05) is 26.3 Å². The molecule has 0 saturated carbocycles. The minimum absolute atomic E-state index is 0.0620. The molecule has 134 valence electrons. The number of likely N-dealkylation sites (tertiary alicyclic amines) is 1. The first kappa shape index (κ1) is 16.3. The van der Waals surface area contributed by atoms with Crippen molar-refractivity contribution in [3.63, 3.8) is 0 Å². The molecule has 2 unspecified atom stereocenters. The van der Waals surface area contributed by atoms with Gasteiger partial charge in [-0.1, -0.05) is 18.2 Å². The number of nitrogens with one attached hydrogen (secondary N) is 1. The van der Waals surface area contributed by atoms with Crippen LogP contribution in [0, 0.1) is 5.92 Å². The van der Waals surface area contributed by atoms with Crippen LogP contribution in [0.5, 0.6) is 11.5 Å². The number of rotatable bonds is 3. The topological polar surface area (TPSA) is 50.8 Å². The van der Waals surface area contributed by atoms with E-state index in [1.807, 2.05) is 17.0 Å². The maximum absolute atomic E-state index is 12.7. The molecule has 0 radical (unpaired) electrons. The molecule has 2 aliphatic heterocycles. The van der Waals surface area contributed by atoms with E-state index < -0.39 is 0 Å². The van der Waals surface area contributed by atoms with Crippen LogP contribution in [0.15, 0.2) is 30.4 Å². The Labute approximate surface area is 149 Å². The quantitative estimate of drug-likeness (QED) is 0.853. The number of amides is 2. The van der Waals surface area contributed by atoms with Gasteiger partial charge in [0.1, 0.15) is 13.2 Å². The molecule has 2 heterocycles. The van der Waals surface area contributed by atoms with Crippen molar-refractivity contribution in [1.29, 1.82) is 0 Å². The molecule has 1 fully saturated rings. The zero-order valence-corrected chi connectivity index (χ0v) is 14.6. The number of carbonyl (C=O) groups excluding carboxylic acids is 1. The van der Waals surface area contributed by atoms with Crippen molar-refractivity contribution in [3.05, 3.63) is 35.9 Å². The predicted molar refractivity (Wildman–Crippen MR) is 96.0 cm³/mol. The summed E-state index contributed by atoms with van der Waals surface area (Å²) < 4.78 is 11.3. The van der Waals surface area contributed by atoms with Gasteiger partial charge in [-0.2, -0.15) is 0 Å². The average Bonchev–Trinajstić information content (AvgIpc) is 3.16. The van der Waals surface area contributed by atoms with Crippen molar-refractivity contribution in [1.82, 2.24) is 10.2 Å². The van der Waals surface area contributed by atoms with Crippen LogP contribution in [0.2, 0.25) is 0 Å². The van der Waals surface area contributed by atoms with Gasteiger partial charge in [-0.25, -0.2) is 4.79 Å². The van der Waals surface area contributed by atoms with Gasteiger partial charge >= 0.3 is 6.03 Å². The van der Waals surface area contributed by atoms with E-state index in [-0.39, 0.29) is 12.1 Å². The van der Waals surface area contributed by atoms with Crippen LogP contribution in [0.1, 0.15) is 43.7 Å². The third-order valence-electron chi connectivity index (χ3n) is 5.38. The number of urea groups is 1. The number of fused-ring (bicyclic) bond motifs is 1. The standard InChI is InChI=1S/C20H26N2O3/c23-20(21-14-15-5-2-1-3-6-15)22-10-4-7-17(22)16-8-9-18-19(13-16)25-12-11-24-18/h1-2,8-9,13,15,17H,3-7,10-12,14H2,(H,21,23). The number of ether oxygens (including phenoxy) is 2. The summed E-state index contributed by atoms with van der Waals surface area (Å²) in [4.78, 5) is 14.7. The van der Waals surface area contributed by atoms with Gasteiger partial charge in [0.25, 0.3) is 0 Å². The maximum Gasteiger partial charge on any atom is 0.317 e. The molecule has 25 heavy (non-hydrogen) atoms. The average molecular weight is 342 g/mol. The van der Waals surface area contributed by atoms with Crippen LogP contribution in [0.25, 0.3) is 0 Å². The first-order valence-electron chi connectivity index (χ1n) is 9.40. The van der Waals surface area contributed by atoms with E-state index >= 15 is 0 Å². The lowest BCUT2D eigenvalue weighted by Gasteiger charge is -2.28. The number of hydrogen-bond acceptors (Lipinski definition) is 3. The number of allylic oxidation sites excluding steroid dienone is 2.